The number of nitrogens with one attached hydrogen (secondary N) is 1. The van der Waals surface area contributed by atoms with Crippen LogP contribution in [-0.2, 0) is 0 Å². The molecule has 1 aromatic carbocycles. The van der Waals surface area contributed by atoms with Crippen molar-refractivity contribution in [1.29, 1.82) is 0 Å². The molecule has 0 aliphatic heterocycles. The molecular weight excluding hydrogens is 246 g/mol. The molecule has 19 heavy (non-hydrogen) atoms. The molecule has 1 aromatic rings. The van der Waals surface area contributed by atoms with E-state index in [1.54, 1.807) is 0 Å². The summed E-state index contributed by atoms with van der Waals surface area (Å²) in [6.07, 6.45) is 3.10. The molecule has 0 heterocycles. The van der Waals surface area contributed by atoms with Gasteiger partial charge in [0.2, 0.25) is 0 Å². The standard InChI is InChI=1S/C14H19NO4/c16-8-10-3-1-2-9(10)7-15-14(19)11-4-12(17)6-13(18)5-11/h4-6,9-10,16-18H,1-3,7-8H2,(H,15,19). The van der Waals surface area contributed by atoms with Gasteiger partial charge in [-0.3, -0.25) is 4.79 Å². The fraction of sp³-hybridized carbons (Fsp3) is 0.500. The molecule has 5 nitrogen and oxygen atoms in total. The number of hydrogen-bond donors (Lipinski definition) is 4. The highest BCUT2D eigenvalue weighted by atomic mass is 16.3. The molecule has 0 bridgehead atoms. The number of rotatable bonds is 4. The summed E-state index contributed by atoms with van der Waals surface area (Å²) in [5.41, 5.74) is 0.232. The van der Waals surface area contributed by atoms with E-state index >= 15 is 0 Å². The predicted octanol–water partition coefficient (Wildman–Crippen LogP) is 1.24. The second-order valence-corrected chi connectivity index (χ2v) is 5.08. The van der Waals surface area contributed by atoms with Crippen molar-refractivity contribution in [3.63, 3.8) is 0 Å². The second-order valence-electron chi connectivity index (χ2n) is 5.08. The van der Waals surface area contributed by atoms with Crippen molar-refractivity contribution in [3.05, 3.63) is 23.8 Å². The van der Waals surface area contributed by atoms with Crippen molar-refractivity contribution in [2.45, 2.75) is 19.3 Å². The number of carbonyl (C=O) groups is 1. The number of aliphatic hydroxyl groups is 1. The Morgan fingerprint density at radius 1 is 1.16 bits per heavy atom. The molecule has 1 amide bonds. The third-order valence-electron chi connectivity index (χ3n) is 3.74. The van der Waals surface area contributed by atoms with Crippen LogP contribution in [0.15, 0.2) is 18.2 Å². The fourth-order valence-corrected chi connectivity index (χ4v) is 2.67. The van der Waals surface area contributed by atoms with Crippen molar-refractivity contribution in [2.24, 2.45) is 11.8 Å². The number of phenolic OH excluding ortho intramolecular Hbond substituents is 2. The van der Waals surface area contributed by atoms with Gasteiger partial charge in [0.25, 0.3) is 5.91 Å². The Morgan fingerprint density at radius 2 is 1.79 bits per heavy atom. The minimum absolute atomic E-state index is 0.140. The Balaban J connectivity index is 1.94. The molecule has 0 spiro atoms. The van der Waals surface area contributed by atoms with Gasteiger partial charge in [0.05, 0.1) is 0 Å². The van der Waals surface area contributed by atoms with Crippen LogP contribution in [0.3, 0.4) is 0 Å². The Hall–Kier alpha value is -1.75. The van der Waals surface area contributed by atoms with Crippen LogP contribution in [0.5, 0.6) is 11.5 Å². The van der Waals surface area contributed by atoms with Gasteiger partial charge in [0, 0.05) is 24.8 Å². The first-order valence-corrected chi connectivity index (χ1v) is 6.52. The summed E-state index contributed by atoms with van der Waals surface area (Å²) in [5.74, 6) is -0.0361. The summed E-state index contributed by atoms with van der Waals surface area (Å²) in [5, 5.41) is 30.7. The van der Waals surface area contributed by atoms with Gasteiger partial charge in [0.1, 0.15) is 11.5 Å². The summed E-state index contributed by atoms with van der Waals surface area (Å²) >= 11 is 0. The number of aromatic hydroxyl groups is 2. The summed E-state index contributed by atoms with van der Waals surface area (Å²) < 4.78 is 0. The van der Waals surface area contributed by atoms with E-state index in [4.69, 9.17) is 0 Å². The van der Waals surface area contributed by atoms with Crippen LogP contribution in [0.4, 0.5) is 0 Å². The lowest BCUT2D eigenvalue weighted by Crippen LogP contribution is -2.31. The second kappa shape index (κ2) is 5.93. The summed E-state index contributed by atoms with van der Waals surface area (Å²) in [6, 6.07) is 3.80. The average molecular weight is 265 g/mol. The normalized spacial score (nSPS) is 22.4. The lowest BCUT2D eigenvalue weighted by atomic mass is 9.97. The average Bonchev–Trinajstić information content (AvgIpc) is 2.82. The largest absolute Gasteiger partial charge is 0.508 e. The van der Waals surface area contributed by atoms with Crippen molar-refractivity contribution in [3.8, 4) is 11.5 Å². The maximum Gasteiger partial charge on any atom is 0.251 e. The van der Waals surface area contributed by atoms with Gasteiger partial charge in [-0.25, -0.2) is 0 Å². The number of aliphatic hydroxyl groups excluding tert-OH is 1. The highest BCUT2D eigenvalue weighted by Crippen LogP contribution is 2.30. The van der Waals surface area contributed by atoms with E-state index in [9.17, 15) is 20.1 Å². The molecule has 0 radical (unpaired) electrons. The van der Waals surface area contributed by atoms with Crippen LogP contribution >= 0.6 is 0 Å². The first-order chi connectivity index (χ1) is 9.10. The summed E-state index contributed by atoms with van der Waals surface area (Å²) in [4.78, 5) is 11.9. The Kier molecular flexibility index (Phi) is 4.27. The Morgan fingerprint density at radius 3 is 2.42 bits per heavy atom. The molecule has 2 unspecified atom stereocenters. The van der Waals surface area contributed by atoms with Gasteiger partial charge in [-0.15, -0.1) is 0 Å². The molecule has 1 aliphatic rings. The van der Waals surface area contributed by atoms with Crippen molar-refractivity contribution in [1.82, 2.24) is 5.32 Å². The van der Waals surface area contributed by atoms with Gasteiger partial charge in [-0.1, -0.05) is 6.42 Å². The molecule has 104 valence electrons. The third-order valence-corrected chi connectivity index (χ3v) is 3.74. The lowest BCUT2D eigenvalue weighted by Gasteiger charge is -2.17. The lowest BCUT2D eigenvalue weighted by molar-refractivity contribution is 0.0937. The number of carbonyl (C=O) groups excluding carboxylic acids is 1. The van der Waals surface area contributed by atoms with Crippen LogP contribution in [0, 0.1) is 11.8 Å². The zero-order valence-corrected chi connectivity index (χ0v) is 10.7. The van der Waals surface area contributed by atoms with Crippen LogP contribution in [0.2, 0.25) is 0 Å². The van der Waals surface area contributed by atoms with Crippen LogP contribution < -0.4 is 5.32 Å². The molecule has 2 atom stereocenters. The molecule has 4 N–H and O–H groups in total. The number of phenols is 2. The van der Waals surface area contributed by atoms with E-state index in [2.05, 4.69) is 5.32 Å². The first kappa shape index (κ1) is 13.7. The van der Waals surface area contributed by atoms with Gasteiger partial charge in [0.15, 0.2) is 0 Å². The minimum atomic E-state index is -0.324. The van der Waals surface area contributed by atoms with Gasteiger partial charge < -0.3 is 20.6 Å². The maximum atomic E-state index is 11.9. The van der Waals surface area contributed by atoms with Gasteiger partial charge >= 0.3 is 0 Å². The summed E-state index contributed by atoms with van der Waals surface area (Å²) in [7, 11) is 0. The zero-order valence-electron chi connectivity index (χ0n) is 10.7. The SMILES string of the molecule is O=C(NCC1CCCC1CO)c1cc(O)cc(O)c1. The van der Waals surface area contributed by atoms with Crippen LogP contribution in [0.25, 0.3) is 0 Å². The Labute approximate surface area is 111 Å². The fourth-order valence-electron chi connectivity index (χ4n) is 2.67. The van der Waals surface area contributed by atoms with E-state index in [1.165, 1.54) is 18.2 Å². The molecular formula is C14H19NO4. The quantitative estimate of drug-likeness (QED) is 0.659. The molecule has 1 aliphatic carbocycles. The predicted molar refractivity (Wildman–Crippen MR) is 70.0 cm³/mol. The van der Waals surface area contributed by atoms with Gasteiger partial charge in [-0.05, 0) is 36.8 Å². The number of benzene rings is 1. The van der Waals surface area contributed by atoms with E-state index in [-0.39, 0.29) is 35.5 Å². The topological polar surface area (TPSA) is 89.8 Å². The maximum absolute atomic E-state index is 11.9. The van der Waals surface area contributed by atoms with Crippen LogP contribution in [-0.4, -0.2) is 34.4 Å². The Bertz CT molecular complexity index is 441. The smallest absolute Gasteiger partial charge is 0.251 e. The third kappa shape index (κ3) is 3.38. The van der Waals surface area contributed by atoms with Gasteiger partial charge in [-0.2, -0.15) is 0 Å². The molecule has 0 saturated heterocycles. The zero-order chi connectivity index (χ0) is 13.8. The van der Waals surface area contributed by atoms with Crippen LogP contribution in [0.1, 0.15) is 29.6 Å². The van der Waals surface area contributed by atoms with Crippen molar-refractivity contribution < 1.29 is 20.1 Å². The molecule has 2 rings (SSSR count). The molecule has 1 saturated carbocycles. The molecule has 0 aromatic heterocycles. The number of hydrogen-bond acceptors (Lipinski definition) is 4. The van der Waals surface area contributed by atoms with Crippen molar-refractivity contribution >= 4 is 5.91 Å². The highest BCUT2D eigenvalue weighted by Gasteiger charge is 2.26. The van der Waals surface area contributed by atoms with E-state index in [0.717, 1.165) is 19.3 Å². The molecule has 1 fully saturated rings. The van der Waals surface area contributed by atoms with E-state index in [0.29, 0.717) is 12.5 Å². The van der Waals surface area contributed by atoms with E-state index in [1.807, 2.05) is 0 Å². The van der Waals surface area contributed by atoms with E-state index < -0.39 is 0 Å². The molecule has 5 heteroatoms. The number of amides is 1. The minimum Gasteiger partial charge on any atom is -0.508 e. The van der Waals surface area contributed by atoms with Crippen molar-refractivity contribution in [2.75, 3.05) is 13.2 Å². The first-order valence-electron chi connectivity index (χ1n) is 6.52. The highest BCUT2D eigenvalue weighted by molar-refractivity contribution is 5.95. The summed E-state index contributed by atoms with van der Waals surface area (Å²) in [6.45, 7) is 0.675. The monoisotopic (exact) mass is 265 g/mol.